The maximum Gasteiger partial charge on any atom is 0.333 e. The second-order valence-corrected chi connectivity index (χ2v) is 1.50. The van der Waals surface area contributed by atoms with Gasteiger partial charge in [0.05, 0.1) is 6.61 Å². The third kappa shape index (κ3) is 6.74. The van der Waals surface area contributed by atoms with Crippen LogP contribution in [0.2, 0.25) is 0 Å². The van der Waals surface area contributed by atoms with E-state index in [9.17, 15) is 4.79 Å². The summed E-state index contributed by atoms with van der Waals surface area (Å²) in [5.41, 5.74) is 0.451. The first-order valence-electron chi connectivity index (χ1n) is 2.51. The summed E-state index contributed by atoms with van der Waals surface area (Å²) in [4.78, 5) is 10.4. The van der Waals surface area contributed by atoms with Crippen LogP contribution in [0, 0.1) is 0 Å². The van der Waals surface area contributed by atoms with Gasteiger partial charge in [-0.3, -0.25) is 0 Å². The monoisotopic (exact) mass is 153 g/mol. The molecule has 0 N–H and O–H groups in total. The minimum atomic E-state index is -0.312. The van der Waals surface area contributed by atoms with Crippen molar-refractivity contribution in [3.8, 4) is 0 Å². The fourth-order valence-corrected chi connectivity index (χ4v) is 0.254. The van der Waals surface area contributed by atoms with E-state index in [0.29, 0.717) is 12.2 Å². The van der Waals surface area contributed by atoms with Crippen LogP contribution in [0.5, 0.6) is 0 Å². The largest absolute Gasteiger partial charge is 0.463 e. The molecule has 0 unspecified atom stereocenters. The second kappa shape index (κ2) is 6.96. The summed E-state index contributed by atoms with van der Waals surface area (Å²) in [5.74, 6) is -0.312. The molecule has 0 saturated carbocycles. The Balaban J connectivity index is 0. The van der Waals surface area contributed by atoms with Crippen molar-refractivity contribution in [2.24, 2.45) is 0 Å². The standard InChI is InChI=1S/C6H10O2.K/c1-4-8-6(7)5(2)3;/h2,4H2,1,3H3;. The van der Waals surface area contributed by atoms with Gasteiger partial charge in [-0.2, -0.15) is 0 Å². The number of carbonyl (C=O) groups excluding carboxylic acids is 1. The molecule has 0 rings (SSSR count). The summed E-state index contributed by atoms with van der Waals surface area (Å²) >= 11 is 0. The molecule has 9 heavy (non-hydrogen) atoms. The Hall–Kier alpha value is 0.846. The van der Waals surface area contributed by atoms with Gasteiger partial charge in [0.25, 0.3) is 0 Å². The fourth-order valence-electron chi connectivity index (χ4n) is 0.254. The third-order valence-electron chi connectivity index (χ3n) is 0.624. The first-order chi connectivity index (χ1) is 3.68. The van der Waals surface area contributed by atoms with Crippen LogP contribution in [-0.2, 0) is 9.53 Å². The molecular weight excluding hydrogens is 143 g/mol. The Morgan fingerprint density at radius 1 is 1.67 bits per heavy atom. The van der Waals surface area contributed by atoms with E-state index >= 15 is 0 Å². The zero-order chi connectivity index (χ0) is 6.57. The Kier molecular flexibility index (Phi) is 9.68. The minimum absolute atomic E-state index is 0. The first kappa shape index (κ1) is 12.5. The van der Waals surface area contributed by atoms with Crippen LogP contribution in [0.25, 0.3) is 0 Å². The van der Waals surface area contributed by atoms with Crippen molar-refractivity contribution in [1.29, 1.82) is 0 Å². The second-order valence-electron chi connectivity index (χ2n) is 1.50. The normalized spacial score (nSPS) is 7.33. The number of ether oxygens (including phenoxy) is 1. The number of rotatable bonds is 2. The summed E-state index contributed by atoms with van der Waals surface area (Å²) in [7, 11) is 0. The molecule has 0 aliphatic rings. The molecular formula is C6H10KO2. The quantitative estimate of drug-likeness (QED) is 0.332. The molecule has 0 aliphatic carbocycles. The molecule has 0 atom stereocenters. The van der Waals surface area contributed by atoms with E-state index in [1.807, 2.05) is 0 Å². The van der Waals surface area contributed by atoms with Gasteiger partial charge in [0.1, 0.15) is 0 Å². The molecule has 0 amide bonds. The molecule has 2 nitrogen and oxygen atoms in total. The average Bonchev–Trinajstić information content (AvgIpc) is 1.67. The predicted molar refractivity (Wildman–Crippen MR) is 37.2 cm³/mol. The maximum absolute atomic E-state index is 10.4. The fraction of sp³-hybridized carbons (Fsp3) is 0.500. The van der Waals surface area contributed by atoms with Gasteiger partial charge in [0.2, 0.25) is 0 Å². The van der Waals surface area contributed by atoms with Gasteiger partial charge in [0, 0.05) is 57.0 Å². The van der Waals surface area contributed by atoms with Crippen LogP contribution in [0.15, 0.2) is 12.2 Å². The first-order valence-corrected chi connectivity index (χ1v) is 2.51. The van der Waals surface area contributed by atoms with Crippen molar-refractivity contribution in [2.75, 3.05) is 6.61 Å². The van der Waals surface area contributed by atoms with E-state index < -0.39 is 0 Å². The van der Waals surface area contributed by atoms with Crippen molar-refractivity contribution >= 4 is 57.4 Å². The van der Waals surface area contributed by atoms with Crippen LogP contribution < -0.4 is 0 Å². The number of carbonyl (C=O) groups is 1. The van der Waals surface area contributed by atoms with Gasteiger partial charge in [-0.15, -0.1) is 0 Å². The minimum Gasteiger partial charge on any atom is -0.463 e. The SMILES string of the molecule is C=C(C)C(=O)OCC.[K]. The van der Waals surface area contributed by atoms with E-state index in [4.69, 9.17) is 0 Å². The Labute approximate surface area is 98.1 Å². The van der Waals surface area contributed by atoms with E-state index in [2.05, 4.69) is 11.3 Å². The molecule has 3 heteroatoms. The summed E-state index contributed by atoms with van der Waals surface area (Å²) in [6.45, 7) is 7.21. The predicted octanol–water partition coefficient (Wildman–Crippen LogP) is 0.745. The van der Waals surface area contributed by atoms with E-state index in [1.165, 1.54) is 0 Å². The van der Waals surface area contributed by atoms with Gasteiger partial charge >= 0.3 is 5.97 Å². The molecule has 1 radical (unpaired) electrons. The molecule has 0 aromatic heterocycles. The summed E-state index contributed by atoms with van der Waals surface area (Å²) in [6, 6.07) is 0. The molecule has 0 spiro atoms. The van der Waals surface area contributed by atoms with Gasteiger partial charge in [-0.25, -0.2) is 4.79 Å². The van der Waals surface area contributed by atoms with Crippen LogP contribution in [0.4, 0.5) is 0 Å². The summed E-state index contributed by atoms with van der Waals surface area (Å²) < 4.78 is 4.56. The molecule has 0 aliphatic heterocycles. The van der Waals surface area contributed by atoms with Crippen LogP contribution in [-0.4, -0.2) is 64.0 Å². The smallest absolute Gasteiger partial charge is 0.333 e. The molecule has 0 aromatic rings. The number of hydrogen-bond acceptors (Lipinski definition) is 2. The topological polar surface area (TPSA) is 26.3 Å². The molecule has 0 bridgehead atoms. The van der Waals surface area contributed by atoms with Crippen molar-refractivity contribution in [3.63, 3.8) is 0 Å². The maximum atomic E-state index is 10.4. The zero-order valence-electron chi connectivity index (χ0n) is 6.23. The molecule has 47 valence electrons. The van der Waals surface area contributed by atoms with Crippen molar-refractivity contribution < 1.29 is 9.53 Å². The van der Waals surface area contributed by atoms with E-state index in [-0.39, 0.29) is 57.4 Å². The van der Waals surface area contributed by atoms with Gasteiger partial charge in [-0.05, 0) is 13.8 Å². The Bertz CT molecular complexity index is 110. The van der Waals surface area contributed by atoms with Gasteiger partial charge in [-0.1, -0.05) is 6.58 Å². The number of hydrogen-bond donors (Lipinski definition) is 0. The summed E-state index contributed by atoms with van der Waals surface area (Å²) in [6.07, 6.45) is 0. The van der Waals surface area contributed by atoms with E-state index in [0.717, 1.165) is 0 Å². The summed E-state index contributed by atoms with van der Waals surface area (Å²) in [5, 5.41) is 0. The third-order valence-corrected chi connectivity index (χ3v) is 0.624. The molecule has 0 saturated heterocycles. The van der Waals surface area contributed by atoms with Crippen LogP contribution >= 0.6 is 0 Å². The van der Waals surface area contributed by atoms with Crippen molar-refractivity contribution in [1.82, 2.24) is 0 Å². The van der Waals surface area contributed by atoms with Crippen LogP contribution in [0.1, 0.15) is 13.8 Å². The number of esters is 1. The average molecular weight is 153 g/mol. The zero-order valence-corrected chi connectivity index (χ0v) is 9.35. The van der Waals surface area contributed by atoms with Gasteiger partial charge < -0.3 is 4.74 Å². The van der Waals surface area contributed by atoms with Crippen molar-refractivity contribution in [3.05, 3.63) is 12.2 Å². The molecule has 0 heterocycles. The Morgan fingerprint density at radius 3 is 2.22 bits per heavy atom. The van der Waals surface area contributed by atoms with Gasteiger partial charge in [0.15, 0.2) is 0 Å². The van der Waals surface area contributed by atoms with Crippen molar-refractivity contribution in [2.45, 2.75) is 13.8 Å². The molecule has 0 aromatic carbocycles. The Morgan fingerprint density at radius 2 is 2.11 bits per heavy atom. The van der Waals surface area contributed by atoms with Crippen LogP contribution in [0.3, 0.4) is 0 Å². The molecule has 0 fully saturated rings. The van der Waals surface area contributed by atoms with E-state index in [1.54, 1.807) is 13.8 Å².